The Balaban J connectivity index is 0.788. The normalized spacial score (nSPS) is 24.5. The number of nitrogens with one attached hydrogen (secondary N) is 2. The van der Waals surface area contributed by atoms with Crippen molar-refractivity contribution < 1.29 is 28.7 Å². The summed E-state index contributed by atoms with van der Waals surface area (Å²) < 4.78 is 6.28. The van der Waals surface area contributed by atoms with Gasteiger partial charge in [0.05, 0.1) is 16.7 Å². The summed E-state index contributed by atoms with van der Waals surface area (Å²) in [4.78, 5) is 76.4. The first-order valence-electron chi connectivity index (χ1n) is 20.3. The predicted octanol–water partition coefficient (Wildman–Crippen LogP) is 4.01. The summed E-state index contributed by atoms with van der Waals surface area (Å²) in [5.41, 5.74) is 3.01. The molecule has 5 aliphatic rings. The third kappa shape index (κ3) is 7.16. The molecule has 8 rings (SSSR count). The van der Waals surface area contributed by atoms with Crippen LogP contribution in [0, 0.1) is 28.1 Å². The van der Waals surface area contributed by atoms with Gasteiger partial charge in [-0.2, -0.15) is 5.26 Å². The summed E-state index contributed by atoms with van der Waals surface area (Å²) in [6.07, 6.45) is 3.72. The highest BCUT2D eigenvalue weighted by Gasteiger charge is 2.64. The zero-order valence-corrected chi connectivity index (χ0v) is 33.5. The Morgan fingerprint density at radius 1 is 0.845 bits per heavy atom. The molecule has 1 aliphatic carbocycles. The largest absolute Gasteiger partial charge is 0.473 e. The summed E-state index contributed by atoms with van der Waals surface area (Å²) in [5, 5.41) is 14.6. The van der Waals surface area contributed by atoms with Crippen LogP contribution in [0.5, 0.6) is 5.88 Å². The molecular formula is C44H50N8O6. The van der Waals surface area contributed by atoms with Gasteiger partial charge in [0.15, 0.2) is 0 Å². The molecule has 2 N–H and O–H groups in total. The Kier molecular flexibility index (Phi) is 10.2. The van der Waals surface area contributed by atoms with Crippen LogP contribution in [0.1, 0.15) is 90.0 Å². The Hall–Kier alpha value is -5.81. The topological polar surface area (TPSA) is 168 Å². The number of nitriles is 1. The maximum atomic E-state index is 13.5. The smallest absolute Gasteiger partial charge is 0.262 e. The minimum Gasteiger partial charge on any atom is -0.473 e. The fourth-order valence-corrected chi connectivity index (χ4v) is 10.1. The van der Waals surface area contributed by atoms with Crippen molar-refractivity contribution in [3.8, 4) is 11.9 Å². The van der Waals surface area contributed by atoms with Crippen molar-refractivity contribution in [2.24, 2.45) is 16.7 Å². The van der Waals surface area contributed by atoms with Gasteiger partial charge in [0.25, 0.3) is 17.7 Å². The molecule has 5 heterocycles. The number of aromatic nitrogens is 1. The van der Waals surface area contributed by atoms with Gasteiger partial charge >= 0.3 is 0 Å². The number of carbonyl (C=O) groups is 5. The lowest BCUT2D eigenvalue weighted by Gasteiger charge is -2.62. The Labute approximate surface area is 338 Å². The van der Waals surface area contributed by atoms with E-state index < -0.39 is 29.7 Å². The molecule has 1 aromatic heterocycles. The van der Waals surface area contributed by atoms with Gasteiger partial charge in [0.2, 0.25) is 17.7 Å². The molecule has 0 spiro atoms. The van der Waals surface area contributed by atoms with E-state index in [-0.39, 0.29) is 41.7 Å². The maximum absolute atomic E-state index is 13.5. The highest BCUT2D eigenvalue weighted by atomic mass is 16.5. The number of amides is 5. The molecular weight excluding hydrogens is 737 g/mol. The standard InChI is InChI=1S/C44H50N8O6/c1-43(2)41(44(3,4)42(43)58-36-14-5-28(24-45)25-46-36)48-37(54)29-6-8-30(9-7-29)50-17-15-27(16-18-50)26-49-19-21-51(22-20-49)31-10-11-32-33(23-31)40(57)52(39(32)56)34-12-13-35(53)47-38(34)55/h5-11,14,23,25,27,34,41-42H,12-13,15-22,26H2,1-4H3,(H,48,54)(H,47,53,55)/t34?,41-,42-. The number of rotatable bonds is 9. The Morgan fingerprint density at radius 3 is 2.14 bits per heavy atom. The van der Waals surface area contributed by atoms with E-state index in [0.29, 0.717) is 34.1 Å². The van der Waals surface area contributed by atoms with E-state index in [1.807, 2.05) is 30.3 Å². The number of hydrogen-bond acceptors (Lipinski definition) is 11. The third-order valence-corrected chi connectivity index (χ3v) is 13.0. The van der Waals surface area contributed by atoms with Crippen LogP contribution in [0.2, 0.25) is 0 Å². The number of hydrogen-bond donors (Lipinski definition) is 2. The van der Waals surface area contributed by atoms with Crippen molar-refractivity contribution in [3.05, 3.63) is 83.0 Å². The number of nitrogens with zero attached hydrogens (tertiary/aromatic N) is 6. The van der Waals surface area contributed by atoms with Crippen LogP contribution < -0.4 is 25.2 Å². The van der Waals surface area contributed by atoms with E-state index in [4.69, 9.17) is 10.00 Å². The van der Waals surface area contributed by atoms with E-state index in [2.05, 4.69) is 64.1 Å². The number of pyridine rings is 1. The fraction of sp³-hybridized carbons (Fsp3) is 0.477. The lowest BCUT2D eigenvalue weighted by atomic mass is 9.49. The quantitative estimate of drug-likeness (QED) is 0.301. The number of piperidine rings is 2. The monoisotopic (exact) mass is 786 g/mol. The predicted molar refractivity (Wildman–Crippen MR) is 215 cm³/mol. The van der Waals surface area contributed by atoms with Gasteiger partial charge in [-0.15, -0.1) is 0 Å². The van der Waals surface area contributed by atoms with Crippen LogP contribution in [-0.4, -0.2) is 108 Å². The number of fused-ring (bicyclic) bond motifs is 1. The van der Waals surface area contributed by atoms with Gasteiger partial charge in [-0.3, -0.25) is 39.1 Å². The van der Waals surface area contributed by atoms with Gasteiger partial charge in [-0.05, 0) is 73.7 Å². The number of carbonyl (C=O) groups excluding carboxylic acids is 5. The van der Waals surface area contributed by atoms with Gasteiger partial charge in [-0.25, -0.2) is 4.98 Å². The van der Waals surface area contributed by atoms with Gasteiger partial charge in [0.1, 0.15) is 18.2 Å². The van der Waals surface area contributed by atoms with Crippen molar-refractivity contribution in [3.63, 3.8) is 0 Å². The molecule has 0 bridgehead atoms. The molecule has 1 atom stereocenters. The number of imide groups is 2. The number of ether oxygens (including phenoxy) is 1. The van der Waals surface area contributed by atoms with Gasteiger partial charge in [-0.1, -0.05) is 27.7 Å². The van der Waals surface area contributed by atoms with Crippen molar-refractivity contribution in [2.45, 2.75) is 71.6 Å². The van der Waals surface area contributed by atoms with E-state index >= 15 is 0 Å². The number of benzene rings is 2. The van der Waals surface area contributed by atoms with Crippen LogP contribution in [-0.2, 0) is 9.59 Å². The van der Waals surface area contributed by atoms with Gasteiger partial charge < -0.3 is 19.9 Å². The lowest BCUT2D eigenvalue weighted by molar-refractivity contribution is -0.165. The molecule has 3 aromatic rings. The summed E-state index contributed by atoms with van der Waals surface area (Å²) in [7, 11) is 0. The Morgan fingerprint density at radius 2 is 1.50 bits per heavy atom. The summed E-state index contributed by atoms with van der Waals surface area (Å²) in [5.74, 6) is -1.03. The summed E-state index contributed by atoms with van der Waals surface area (Å²) >= 11 is 0. The second-order valence-electron chi connectivity index (χ2n) is 17.5. The third-order valence-electron chi connectivity index (χ3n) is 13.0. The average molecular weight is 787 g/mol. The fourth-order valence-electron chi connectivity index (χ4n) is 10.1. The van der Waals surface area contributed by atoms with Crippen LogP contribution in [0.15, 0.2) is 60.8 Å². The van der Waals surface area contributed by atoms with Crippen molar-refractivity contribution in [1.82, 2.24) is 25.4 Å². The van der Waals surface area contributed by atoms with Crippen LogP contribution in [0.25, 0.3) is 0 Å². The molecule has 2 aromatic carbocycles. The molecule has 4 aliphatic heterocycles. The Bertz CT molecular complexity index is 2150. The summed E-state index contributed by atoms with van der Waals surface area (Å²) in [6.45, 7) is 14.7. The van der Waals surface area contributed by atoms with Crippen LogP contribution >= 0.6 is 0 Å². The van der Waals surface area contributed by atoms with Gasteiger partial charge in [0, 0.05) is 98.3 Å². The number of piperazine rings is 1. The van der Waals surface area contributed by atoms with Crippen LogP contribution in [0.4, 0.5) is 11.4 Å². The van der Waals surface area contributed by atoms with Crippen molar-refractivity contribution in [2.75, 3.05) is 55.6 Å². The average Bonchev–Trinajstić information content (AvgIpc) is 3.47. The van der Waals surface area contributed by atoms with E-state index in [1.165, 1.54) is 6.20 Å². The minimum absolute atomic E-state index is 0.0913. The second kappa shape index (κ2) is 15.2. The molecule has 14 nitrogen and oxygen atoms in total. The van der Waals surface area contributed by atoms with Crippen LogP contribution in [0.3, 0.4) is 0 Å². The molecule has 302 valence electrons. The second-order valence-corrected chi connectivity index (χ2v) is 17.5. The molecule has 1 saturated carbocycles. The zero-order valence-electron chi connectivity index (χ0n) is 33.5. The lowest BCUT2D eigenvalue weighted by Crippen LogP contribution is -2.74. The molecule has 4 fully saturated rings. The highest BCUT2D eigenvalue weighted by molar-refractivity contribution is 6.23. The molecule has 14 heteroatoms. The van der Waals surface area contributed by atoms with E-state index in [1.54, 1.807) is 24.3 Å². The molecule has 1 unspecified atom stereocenters. The minimum atomic E-state index is -0.973. The van der Waals surface area contributed by atoms with Crippen molar-refractivity contribution in [1.29, 1.82) is 5.26 Å². The summed E-state index contributed by atoms with van der Waals surface area (Å²) in [6, 6.07) is 17.6. The highest BCUT2D eigenvalue weighted by Crippen LogP contribution is 2.55. The molecule has 3 saturated heterocycles. The molecule has 0 radical (unpaired) electrons. The molecule has 5 amide bonds. The zero-order chi connectivity index (χ0) is 40.9. The van der Waals surface area contributed by atoms with Crippen molar-refractivity contribution >= 4 is 40.9 Å². The maximum Gasteiger partial charge on any atom is 0.262 e. The first kappa shape index (κ1) is 39.0. The molecule has 58 heavy (non-hydrogen) atoms. The SMILES string of the molecule is CC1(C)[C@H](NC(=O)c2ccc(N3CCC(CN4CCN(c5ccc6c(c5)C(=O)N(C5CCC(=O)NC5=O)C6=O)CC4)CC3)cc2)C(C)(C)[C@H]1Oc1ccc(C#N)cn1. The number of anilines is 2. The van der Waals surface area contributed by atoms with E-state index in [9.17, 15) is 24.0 Å². The first-order valence-corrected chi connectivity index (χ1v) is 20.3. The first-order chi connectivity index (χ1) is 27.7. The van der Waals surface area contributed by atoms with E-state index in [0.717, 1.165) is 74.9 Å².